The van der Waals surface area contributed by atoms with Gasteiger partial charge in [-0.05, 0) is 36.8 Å². The SMILES string of the molecule is [O]c1ccc(Cl)cc1CNC1CCN(S(=O)(=O)c2ccccc2)C1. The number of nitrogens with zero attached hydrogens (tertiary/aromatic N) is 1. The van der Waals surface area contributed by atoms with Gasteiger partial charge in [-0.2, -0.15) is 4.31 Å². The smallest absolute Gasteiger partial charge is 0.243 e. The van der Waals surface area contributed by atoms with Gasteiger partial charge in [-0.1, -0.05) is 29.8 Å². The van der Waals surface area contributed by atoms with Gasteiger partial charge < -0.3 is 5.32 Å². The van der Waals surface area contributed by atoms with Crippen LogP contribution in [0.5, 0.6) is 5.75 Å². The Balaban J connectivity index is 1.63. The zero-order valence-corrected chi connectivity index (χ0v) is 14.6. The van der Waals surface area contributed by atoms with Crippen molar-refractivity contribution in [1.82, 2.24) is 9.62 Å². The zero-order valence-electron chi connectivity index (χ0n) is 13.0. The van der Waals surface area contributed by atoms with Crippen LogP contribution in [0.3, 0.4) is 0 Å². The highest BCUT2D eigenvalue weighted by Crippen LogP contribution is 2.24. The molecule has 1 atom stereocenters. The normalized spacial score (nSPS) is 18.8. The second kappa shape index (κ2) is 7.11. The minimum atomic E-state index is -3.46. The Labute approximate surface area is 146 Å². The van der Waals surface area contributed by atoms with E-state index >= 15 is 0 Å². The molecule has 1 aliphatic heterocycles. The lowest BCUT2D eigenvalue weighted by atomic mass is 10.2. The van der Waals surface area contributed by atoms with E-state index in [1.807, 2.05) is 0 Å². The third-order valence-corrected chi connectivity index (χ3v) is 6.25. The molecular weight excluding hydrogens is 348 g/mol. The average molecular weight is 366 g/mol. The van der Waals surface area contributed by atoms with Gasteiger partial charge in [-0.3, -0.25) is 5.11 Å². The molecule has 1 unspecified atom stereocenters. The van der Waals surface area contributed by atoms with Crippen LogP contribution in [0.15, 0.2) is 53.4 Å². The van der Waals surface area contributed by atoms with Crippen LogP contribution in [0.2, 0.25) is 5.02 Å². The molecule has 0 saturated carbocycles. The lowest BCUT2D eigenvalue weighted by Crippen LogP contribution is -2.34. The summed E-state index contributed by atoms with van der Waals surface area (Å²) < 4.78 is 26.6. The molecule has 0 spiro atoms. The maximum atomic E-state index is 12.6. The summed E-state index contributed by atoms with van der Waals surface area (Å²) in [4.78, 5) is 0.308. The first kappa shape index (κ1) is 17.2. The van der Waals surface area contributed by atoms with Crippen LogP contribution in [0.25, 0.3) is 0 Å². The molecule has 2 aromatic rings. The predicted octanol–water partition coefficient (Wildman–Crippen LogP) is 3.04. The van der Waals surface area contributed by atoms with Crippen molar-refractivity contribution in [2.75, 3.05) is 13.1 Å². The lowest BCUT2D eigenvalue weighted by Gasteiger charge is -2.17. The van der Waals surface area contributed by atoms with Crippen molar-refractivity contribution < 1.29 is 13.5 Å². The van der Waals surface area contributed by atoms with E-state index in [-0.39, 0.29) is 11.8 Å². The van der Waals surface area contributed by atoms with Crippen molar-refractivity contribution >= 4 is 21.6 Å². The molecule has 7 heteroatoms. The molecular formula is C17H18ClN2O3S. The number of sulfonamides is 1. The van der Waals surface area contributed by atoms with Crippen LogP contribution in [-0.2, 0) is 21.7 Å². The third kappa shape index (κ3) is 3.72. The highest BCUT2D eigenvalue weighted by Gasteiger charge is 2.32. The summed E-state index contributed by atoms with van der Waals surface area (Å²) in [6.07, 6.45) is 0.709. The fraction of sp³-hybridized carbons (Fsp3) is 0.294. The summed E-state index contributed by atoms with van der Waals surface area (Å²) >= 11 is 5.91. The van der Waals surface area contributed by atoms with Crippen molar-refractivity contribution in [1.29, 1.82) is 0 Å². The molecule has 0 aliphatic carbocycles. The molecule has 1 heterocycles. The quantitative estimate of drug-likeness (QED) is 0.885. The van der Waals surface area contributed by atoms with Crippen molar-refractivity contribution in [2.24, 2.45) is 0 Å². The predicted molar refractivity (Wildman–Crippen MR) is 92.0 cm³/mol. The summed E-state index contributed by atoms with van der Waals surface area (Å²) in [5, 5.41) is 15.6. The van der Waals surface area contributed by atoms with E-state index in [0.717, 1.165) is 0 Å². The third-order valence-electron chi connectivity index (χ3n) is 4.14. The number of nitrogens with one attached hydrogen (secondary N) is 1. The van der Waals surface area contributed by atoms with Gasteiger partial charge >= 0.3 is 0 Å². The van der Waals surface area contributed by atoms with E-state index in [9.17, 15) is 13.5 Å². The van der Waals surface area contributed by atoms with Gasteiger partial charge in [-0.25, -0.2) is 8.42 Å². The molecule has 24 heavy (non-hydrogen) atoms. The molecule has 1 fully saturated rings. The maximum Gasteiger partial charge on any atom is 0.243 e. The highest BCUT2D eigenvalue weighted by atomic mass is 35.5. The standard InChI is InChI=1S/C17H18ClN2O3S/c18-14-6-7-17(21)13(10-14)11-19-15-8-9-20(12-15)24(22,23)16-4-2-1-3-5-16/h1-7,10,15,19H,8-9,11-12H2. The Morgan fingerprint density at radius 1 is 1.17 bits per heavy atom. The van der Waals surface area contributed by atoms with E-state index in [1.54, 1.807) is 42.5 Å². The van der Waals surface area contributed by atoms with Crippen molar-refractivity contribution in [3.05, 3.63) is 59.1 Å². The summed E-state index contributed by atoms with van der Waals surface area (Å²) in [6, 6.07) is 13.1. The molecule has 5 nitrogen and oxygen atoms in total. The van der Waals surface area contributed by atoms with Gasteiger partial charge in [0.2, 0.25) is 10.0 Å². The molecule has 127 valence electrons. The van der Waals surface area contributed by atoms with E-state index in [4.69, 9.17) is 11.6 Å². The fourth-order valence-corrected chi connectivity index (χ4v) is 4.51. The summed E-state index contributed by atoms with van der Waals surface area (Å²) in [6.45, 7) is 1.24. The molecule has 3 rings (SSSR count). The van der Waals surface area contributed by atoms with E-state index in [1.165, 1.54) is 10.4 Å². The molecule has 0 bridgehead atoms. The fourth-order valence-electron chi connectivity index (χ4n) is 2.80. The van der Waals surface area contributed by atoms with Crippen molar-refractivity contribution in [2.45, 2.75) is 23.9 Å². The minimum Gasteiger partial charge on any atom is -0.308 e. The average Bonchev–Trinajstić information content (AvgIpc) is 3.06. The maximum absolute atomic E-state index is 12.6. The van der Waals surface area contributed by atoms with Crippen LogP contribution in [0, 0.1) is 0 Å². The van der Waals surface area contributed by atoms with E-state index < -0.39 is 10.0 Å². The Bertz CT molecular complexity index is 812. The number of hydrogen-bond acceptors (Lipinski definition) is 3. The van der Waals surface area contributed by atoms with Crippen LogP contribution in [0.1, 0.15) is 12.0 Å². The molecule has 1 N–H and O–H groups in total. The van der Waals surface area contributed by atoms with Gasteiger partial charge in [0, 0.05) is 36.3 Å². The highest BCUT2D eigenvalue weighted by molar-refractivity contribution is 7.89. The molecule has 1 radical (unpaired) electrons. The topological polar surface area (TPSA) is 69.3 Å². The van der Waals surface area contributed by atoms with E-state index in [2.05, 4.69) is 5.32 Å². The first-order valence-electron chi connectivity index (χ1n) is 7.71. The number of hydrogen-bond donors (Lipinski definition) is 1. The molecule has 0 aromatic heterocycles. The molecule has 1 aliphatic rings. The Hall–Kier alpha value is -1.60. The summed E-state index contributed by atoms with van der Waals surface area (Å²) in [5.41, 5.74) is 0.590. The first-order valence-corrected chi connectivity index (χ1v) is 9.52. The van der Waals surface area contributed by atoms with Crippen molar-refractivity contribution in [3.63, 3.8) is 0 Å². The van der Waals surface area contributed by atoms with Crippen molar-refractivity contribution in [3.8, 4) is 5.75 Å². The zero-order chi connectivity index (χ0) is 17.2. The number of rotatable bonds is 5. The molecule has 2 aromatic carbocycles. The Morgan fingerprint density at radius 2 is 1.92 bits per heavy atom. The van der Waals surface area contributed by atoms with Gasteiger partial charge in [-0.15, -0.1) is 0 Å². The first-order chi connectivity index (χ1) is 11.5. The largest absolute Gasteiger partial charge is 0.308 e. The second-order valence-corrected chi connectivity index (χ2v) is 8.17. The summed E-state index contributed by atoms with van der Waals surface area (Å²) in [7, 11) is -3.46. The molecule has 1 saturated heterocycles. The van der Waals surface area contributed by atoms with Gasteiger partial charge in [0.15, 0.2) is 5.75 Å². The van der Waals surface area contributed by atoms with Gasteiger partial charge in [0.25, 0.3) is 0 Å². The molecule has 0 amide bonds. The van der Waals surface area contributed by atoms with Crippen LogP contribution in [0.4, 0.5) is 0 Å². The Kier molecular flexibility index (Phi) is 5.10. The summed E-state index contributed by atoms with van der Waals surface area (Å²) in [5.74, 6) is -0.0707. The minimum absolute atomic E-state index is 0.0156. The Morgan fingerprint density at radius 3 is 2.67 bits per heavy atom. The van der Waals surface area contributed by atoms with Crippen LogP contribution >= 0.6 is 11.6 Å². The van der Waals surface area contributed by atoms with Crippen LogP contribution < -0.4 is 5.32 Å². The number of halogens is 1. The van der Waals surface area contributed by atoms with E-state index in [0.29, 0.717) is 41.5 Å². The monoisotopic (exact) mass is 365 g/mol. The lowest BCUT2D eigenvalue weighted by molar-refractivity contribution is 0.347. The van der Waals surface area contributed by atoms with Gasteiger partial charge in [0.1, 0.15) is 0 Å². The number of benzene rings is 2. The van der Waals surface area contributed by atoms with Gasteiger partial charge in [0.05, 0.1) is 4.90 Å². The van der Waals surface area contributed by atoms with Crippen LogP contribution in [-0.4, -0.2) is 31.9 Å². The second-order valence-electron chi connectivity index (χ2n) is 5.79.